The number of ether oxygens (including phenoxy) is 1. The van der Waals surface area contributed by atoms with Gasteiger partial charge < -0.3 is 4.74 Å². The summed E-state index contributed by atoms with van der Waals surface area (Å²) in [6.45, 7) is 1.65. The van der Waals surface area contributed by atoms with E-state index in [-0.39, 0.29) is 12.4 Å². The third-order valence-electron chi connectivity index (χ3n) is 3.88. The van der Waals surface area contributed by atoms with Gasteiger partial charge in [0.1, 0.15) is 9.71 Å². The molecule has 3 aromatic heterocycles. The quantitative estimate of drug-likeness (QED) is 0.377. The van der Waals surface area contributed by atoms with Crippen molar-refractivity contribution in [2.45, 2.75) is 6.92 Å². The van der Waals surface area contributed by atoms with E-state index in [1.165, 1.54) is 22.7 Å². The fourth-order valence-electron chi connectivity index (χ4n) is 2.60. The maximum absolute atomic E-state index is 12.4. The second-order valence-electron chi connectivity index (χ2n) is 5.64. The van der Waals surface area contributed by atoms with Crippen molar-refractivity contribution >= 4 is 44.6 Å². The summed E-state index contributed by atoms with van der Waals surface area (Å²) in [5.41, 5.74) is 1.77. The predicted molar refractivity (Wildman–Crippen MR) is 103 cm³/mol. The molecule has 0 aliphatic carbocycles. The van der Waals surface area contributed by atoms with Gasteiger partial charge in [0.05, 0.1) is 16.3 Å². The lowest BCUT2D eigenvalue weighted by molar-refractivity contribution is 0.0481. The van der Waals surface area contributed by atoms with E-state index in [4.69, 9.17) is 4.74 Å². The largest absolute Gasteiger partial charge is 0.453 e. The molecule has 0 saturated heterocycles. The van der Waals surface area contributed by atoms with E-state index in [0.717, 1.165) is 21.6 Å². The monoisotopic (exact) mass is 382 g/mol. The molecule has 0 atom stereocenters. The number of nitrogens with zero attached hydrogens (tertiary/aromatic N) is 2. The van der Waals surface area contributed by atoms with Crippen LogP contribution in [0.1, 0.15) is 25.0 Å². The van der Waals surface area contributed by atoms with Crippen LogP contribution in [0.15, 0.2) is 53.9 Å². The number of fused-ring (bicyclic) bond motifs is 1. The maximum Gasteiger partial charge on any atom is 0.348 e. The third kappa shape index (κ3) is 3.07. The van der Waals surface area contributed by atoms with Crippen molar-refractivity contribution in [3.05, 3.63) is 69.4 Å². The summed E-state index contributed by atoms with van der Waals surface area (Å²) in [5, 5.41) is 7.28. The molecule has 3 heterocycles. The molecule has 4 rings (SSSR count). The molecule has 0 bridgehead atoms. The van der Waals surface area contributed by atoms with Crippen molar-refractivity contribution in [2.24, 2.45) is 0 Å². The number of rotatable bonds is 5. The van der Waals surface area contributed by atoms with Gasteiger partial charge in [0, 0.05) is 5.39 Å². The first-order valence-corrected chi connectivity index (χ1v) is 9.61. The van der Waals surface area contributed by atoms with Crippen molar-refractivity contribution in [3.8, 4) is 5.69 Å². The number of ketones is 1. The lowest BCUT2D eigenvalue weighted by Crippen LogP contribution is -2.12. The Balaban J connectivity index is 1.57. The SMILES string of the molecule is Cc1nn(-c2ccccc2)c2sc(C(=O)OCC(=O)c3cccs3)cc12. The molecule has 130 valence electrons. The van der Waals surface area contributed by atoms with E-state index in [1.54, 1.807) is 18.2 Å². The summed E-state index contributed by atoms with van der Waals surface area (Å²) < 4.78 is 7.02. The molecule has 26 heavy (non-hydrogen) atoms. The highest BCUT2D eigenvalue weighted by Crippen LogP contribution is 2.30. The number of aromatic nitrogens is 2. The average molecular weight is 382 g/mol. The number of hydrogen-bond donors (Lipinski definition) is 0. The van der Waals surface area contributed by atoms with E-state index in [2.05, 4.69) is 5.10 Å². The fraction of sp³-hybridized carbons (Fsp3) is 0.105. The van der Waals surface area contributed by atoms with Crippen molar-refractivity contribution in [2.75, 3.05) is 6.61 Å². The minimum Gasteiger partial charge on any atom is -0.453 e. The molecule has 5 nitrogen and oxygen atoms in total. The van der Waals surface area contributed by atoms with E-state index < -0.39 is 5.97 Å². The summed E-state index contributed by atoms with van der Waals surface area (Å²) in [5.74, 6) is -0.684. The van der Waals surface area contributed by atoms with Crippen molar-refractivity contribution in [1.82, 2.24) is 9.78 Å². The Kier molecular flexibility index (Phi) is 4.40. The zero-order chi connectivity index (χ0) is 18.1. The molecule has 0 amide bonds. The number of Topliss-reactive ketones (excluding diaryl/α,β-unsaturated/α-hetero) is 1. The number of esters is 1. The zero-order valence-electron chi connectivity index (χ0n) is 13.8. The molecule has 0 fully saturated rings. The number of carbonyl (C=O) groups is 2. The Morgan fingerprint density at radius 2 is 1.92 bits per heavy atom. The summed E-state index contributed by atoms with van der Waals surface area (Å²) in [7, 11) is 0. The Morgan fingerprint density at radius 3 is 2.65 bits per heavy atom. The van der Waals surface area contributed by atoms with Crippen LogP contribution in [0.4, 0.5) is 0 Å². The molecule has 1 aromatic carbocycles. The molecule has 0 aliphatic rings. The number of aryl methyl sites for hydroxylation is 1. The predicted octanol–water partition coefficient (Wildman–Crippen LogP) is 4.50. The van der Waals surface area contributed by atoms with Crippen LogP contribution >= 0.6 is 22.7 Å². The van der Waals surface area contributed by atoms with Gasteiger partial charge in [-0.2, -0.15) is 5.10 Å². The van der Waals surface area contributed by atoms with Gasteiger partial charge in [-0.3, -0.25) is 4.79 Å². The topological polar surface area (TPSA) is 61.2 Å². The minimum atomic E-state index is -0.491. The van der Waals surface area contributed by atoms with Gasteiger partial charge in [-0.25, -0.2) is 9.48 Å². The normalized spacial score (nSPS) is 11.0. The van der Waals surface area contributed by atoms with E-state index in [9.17, 15) is 9.59 Å². The first-order chi connectivity index (χ1) is 12.6. The first kappa shape index (κ1) is 16.7. The Labute approximate surface area is 157 Å². The van der Waals surface area contributed by atoms with E-state index in [1.807, 2.05) is 47.3 Å². The van der Waals surface area contributed by atoms with E-state index >= 15 is 0 Å². The van der Waals surface area contributed by atoms with Crippen LogP contribution in [0.5, 0.6) is 0 Å². The lowest BCUT2D eigenvalue weighted by atomic mass is 10.3. The highest BCUT2D eigenvalue weighted by molar-refractivity contribution is 7.20. The van der Waals surface area contributed by atoms with Crippen molar-refractivity contribution < 1.29 is 14.3 Å². The van der Waals surface area contributed by atoms with Crippen LogP contribution in [0.25, 0.3) is 15.9 Å². The molecule has 0 radical (unpaired) electrons. The standard InChI is InChI=1S/C19H14N2O3S2/c1-12-14-10-17(19(23)24-11-15(22)16-8-5-9-25-16)26-18(14)21(20-12)13-6-3-2-4-7-13/h2-10H,11H2,1H3. The molecule has 0 N–H and O–H groups in total. The van der Waals surface area contributed by atoms with Crippen LogP contribution in [0.2, 0.25) is 0 Å². The molecule has 0 aliphatic heterocycles. The molecular formula is C19H14N2O3S2. The number of thiophene rings is 2. The first-order valence-electron chi connectivity index (χ1n) is 7.92. The maximum atomic E-state index is 12.4. The van der Waals surface area contributed by atoms with Gasteiger partial charge >= 0.3 is 5.97 Å². The molecular weight excluding hydrogens is 368 g/mol. The molecule has 0 saturated carbocycles. The second kappa shape index (κ2) is 6.86. The second-order valence-corrected chi connectivity index (χ2v) is 7.62. The van der Waals surface area contributed by atoms with Crippen LogP contribution in [0.3, 0.4) is 0 Å². The van der Waals surface area contributed by atoms with Crippen LogP contribution in [-0.2, 0) is 4.74 Å². The minimum absolute atomic E-state index is 0.193. The summed E-state index contributed by atoms with van der Waals surface area (Å²) in [6, 6.07) is 15.0. The van der Waals surface area contributed by atoms with Gasteiger partial charge in [0.25, 0.3) is 0 Å². The molecule has 0 unspecified atom stereocenters. The zero-order valence-corrected chi connectivity index (χ0v) is 15.5. The Hall–Kier alpha value is -2.77. The highest BCUT2D eigenvalue weighted by Gasteiger charge is 2.19. The summed E-state index contributed by atoms with van der Waals surface area (Å²) in [6.07, 6.45) is 0. The summed E-state index contributed by atoms with van der Waals surface area (Å²) in [4.78, 5) is 26.3. The number of carbonyl (C=O) groups excluding carboxylic acids is 2. The number of benzene rings is 1. The molecule has 0 spiro atoms. The Morgan fingerprint density at radius 1 is 1.12 bits per heavy atom. The van der Waals surface area contributed by atoms with Crippen LogP contribution in [0, 0.1) is 6.92 Å². The van der Waals surface area contributed by atoms with Crippen molar-refractivity contribution in [3.63, 3.8) is 0 Å². The molecule has 7 heteroatoms. The van der Waals surface area contributed by atoms with Gasteiger partial charge in [-0.1, -0.05) is 24.3 Å². The van der Waals surface area contributed by atoms with Gasteiger partial charge in [-0.05, 0) is 36.6 Å². The lowest BCUT2D eigenvalue weighted by Gasteiger charge is -2.02. The Bertz CT molecular complexity index is 1080. The average Bonchev–Trinajstić information content (AvgIpc) is 3.38. The molecule has 4 aromatic rings. The van der Waals surface area contributed by atoms with Crippen molar-refractivity contribution in [1.29, 1.82) is 0 Å². The number of hydrogen-bond acceptors (Lipinski definition) is 6. The van der Waals surface area contributed by atoms with E-state index in [0.29, 0.717) is 9.75 Å². The fourth-order valence-corrected chi connectivity index (χ4v) is 4.33. The van der Waals surface area contributed by atoms with Gasteiger partial charge in [0.2, 0.25) is 5.78 Å². The highest BCUT2D eigenvalue weighted by atomic mass is 32.1. The smallest absolute Gasteiger partial charge is 0.348 e. The van der Waals surface area contributed by atoms with Gasteiger partial charge in [0.15, 0.2) is 6.61 Å². The third-order valence-corrected chi connectivity index (χ3v) is 5.88. The number of para-hydroxylation sites is 1. The van der Waals surface area contributed by atoms with Gasteiger partial charge in [-0.15, -0.1) is 22.7 Å². The summed E-state index contributed by atoms with van der Waals surface area (Å²) >= 11 is 2.65. The van der Waals surface area contributed by atoms with Crippen LogP contribution < -0.4 is 0 Å². The van der Waals surface area contributed by atoms with Crippen LogP contribution in [-0.4, -0.2) is 28.1 Å².